The highest BCUT2D eigenvalue weighted by molar-refractivity contribution is 5.85. The lowest BCUT2D eigenvalue weighted by atomic mass is 10.4. The van der Waals surface area contributed by atoms with Crippen LogP contribution in [0.4, 0.5) is 0 Å². The van der Waals surface area contributed by atoms with Gasteiger partial charge in [0.25, 0.3) is 0 Å². The molecule has 2 N–H and O–H groups in total. The Balaban J connectivity index is 0. The zero-order valence-electron chi connectivity index (χ0n) is 5.43. The molecule has 0 unspecified atom stereocenters. The fraction of sp³-hybridized carbons (Fsp3) is 0. The molecule has 0 bridgehead atoms. The van der Waals surface area contributed by atoms with Gasteiger partial charge in [0.05, 0.1) is 0 Å². The molecule has 0 radical (unpaired) electrons. The molecule has 0 fully saturated rings. The van der Waals surface area contributed by atoms with E-state index in [0.717, 1.165) is 24.3 Å². The number of allylic oxidation sites excluding steroid dienone is 2. The summed E-state index contributed by atoms with van der Waals surface area (Å²) < 4.78 is 0. The maximum Gasteiger partial charge on any atom is 0.328 e. The summed E-state index contributed by atoms with van der Waals surface area (Å²) in [5.41, 5.74) is 0. The fourth-order valence-electron chi connectivity index (χ4n) is 0.276. The average Bonchev–Trinajstić information content (AvgIpc) is 1.79. The summed E-state index contributed by atoms with van der Waals surface area (Å²) in [5.74, 6) is -2.20. The van der Waals surface area contributed by atoms with Gasteiger partial charge >= 0.3 is 11.9 Å². The Labute approximate surface area is 69.2 Å². The number of halogens is 1. The first-order chi connectivity index (χ1) is 4.63. The van der Waals surface area contributed by atoms with Crippen molar-refractivity contribution in [2.24, 2.45) is 0 Å². The minimum absolute atomic E-state index is 0. The van der Waals surface area contributed by atoms with E-state index in [9.17, 15) is 9.59 Å². The first kappa shape index (κ1) is 12.4. The maximum absolute atomic E-state index is 9.78. The van der Waals surface area contributed by atoms with Crippen LogP contribution in [0.2, 0.25) is 0 Å². The van der Waals surface area contributed by atoms with E-state index < -0.39 is 11.9 Å². The van der Waals surface area contributed by atoms with Gasteiger partial charge in [0.1, 0.15) is 0 Å². The van der Waals surface area contributed by atoms with Crippen LogP contribution in [0.15, 0.2) is 24.3 Å². The molecule has 0 rings (SSSR count). The molecule has 0 amide bonds. The number of carboxylic acids is 2. The van der Waals surface area contributed by atoms with Crippen molar-refractivity contribution in [2.45, 2.75) is 0 Å². The monoisotopic (exact) mass is 178 g/mol. The highest BCUT2D eigenvalue weighted by Gasteiger charge is 1.83. The van der Waals surface area contributed by atoms with Gasteiger partial charge in [0, 0.05) is 12.2 Å². The van der Waals surface area contributed by atoms with Crippen LogP contribution in [-0.4, -0.2) is 22.2 Å². The van der Waals surface area contributed by atoms with Crippen LogP contribution < -0.4 is 0 Å². The Bertz CT molecular complexity index is 173. The molecule has 0 saturated carbocycles. The highest BCUT2D eigenvalue weighted by Crippen LogP contribution is 1.76. The van der Waals surface area contributed by atoms with Gasteiger partial charge in [-0.15, -0.1) is 12.4 Å². The number of carbonyl (C=O) groups is 2. The second-order valence-corrected chi connectivity index (χ2v) is 1.39. The van der Waals surface area contributed by atoms with Crippen LogP contribution in [0.25, 0.3) is 0 Å². The van der Waals surface area contributed by atoms with E-state index in [1.54, 1.807) is 0 Å². The van der Waals surface area contributed by atoms with Gasteiger partial charge in [-0.2, -0.15) is 0 Å². The second-order valence-electron chi connectivity index (χ2n) is 1.39. The number of aliphatic carboxylic acids is 2. The summed E-state index contributed by atoms with van der Waals surface area (Å²) in [6.07, 6.45) is 3.96. The van der Waals surface area contributed by atoms with Gasteiger partial charge in [-0.05, 0) is 0 Å². The van der Waals surface area contributed by atoms with E-state index in [4.69, 9.17) is 10.2 Å². The highest BCUT2D eigenvalue weighted by atomic mass is 35.5. The van der Waals surface area contributed by atoms with Crippen molar-refractivity contribution in [1.29, 1.82) is 0 Å². The van der Waals surface area contributed by atoms with Crippen LogP contribution in [0, 0.1) is 0 Å². The summed E-state index contributed by atoms with van der Waals surface area (Å²) >= 11 is 0. The molecule has 0 aromatic carbocycles. The zero-order valence-corrected chi connectivity index (χ0v) is 6.25. The van der Waals surface area contributed by atoms with Gasteiger partial charge in [-0.25, -0.2) is 9.59 Å². The molecular formula is C6H7ClO4. The van der Waals surface area contributed by atoms with Gasteiger partial charge in [-0.1, -0.05) is 12.2 Å². The normalized spacial score (nSPS) is 9.82. The van der Waals surface area contributed by atoms with E-state index in [2.05, 4.69) is 0 Å². The summed E-state index contributed by atoms with van der Waals surface area (Å²) in [7, 11) is 0. The Morgan fingerprint density at radius 2 is 1.18 bits per heavy atom. The van der Waals surface area contributed by atoms with Crippen LogP contribution in [0.1, 0.15) is 0 Å². The molecule has 0 aromatic rings. The third kappa shape index (κ3) is 12.0. The van der Waals surface area contributed by atoms with E-state index in [-0.39, 0.29) is 12.4 Å². The molecule has 0 atom stereocenters. The molecule has 11 heavy (non-hydrogen) atoms. The molecule has 62 valence electrons. The summed E-state index contributed by atoms with van der Waals surface area (Å²) in [4.78, 5) is 19.6. The molecular weight excluding hydrogens is 172 g/mol. The Kier molecular flexibility index (Phi) is 7.69. The van der Waals surface area contributed by atoms with Gasteiger partial charge in [0.2, 0.25) is 0 Å². The summed E-state index contributed by atoms with van der Waals surface area (Å²) in [6, 6.07) is 0. The molecule has 4 nitrogen and oxygen atoms in total. The van der Waals surface area contributed by atoms with Crippen molar-refractivity contribution >= 4 is 24.3 Å². The van der Waals surface area contributed by atoms with E-state index >= 15 is 0 Å². The Morgan fingerprint density at radius 1 is 0.909 bits per heavy atom. The largest absolute Gasteiger partial charge is 0.478 e. The van der Waals surface area contributed by atoms with Crippen molar-refractivity contribution in [3.8, 4) is 0 Å². The van der Waals surface area contributed by atoms with Crippen LogP contribution in [0.3, 0.4) is 0 Å². The standard InChI is InChI=1S/C6H6O4.ClH/c7-5(8)3-1-2-4-6(9)10;/h1-4H,(H,7,8)(H,9,10);1H. The lowest BCUT2D eigenvalue weighted by Gasteiger charge is -1.75. The smallest absolute Gasteiger partial charge is 0.328 e. The van der Waals surface area contributed by atoms with Crippen LogP contribution in [-0.2, 0) is 9.59 Å². The number of hydrogen-bond acceptors (Lipinski definition) is 2. The molecule has 0 aliphatic carbocycles. The van der Waals surface area contributed by atoms with Gasteiger partial charge in [-0.3, -0.25) is 0 Å². The van der Waals surface area contributed by atoms with Crippen molar-refractivity contribution < 1.29 is 19.8 Å². The molecule has 0 saturated heterocycles. The molecule has 0 aliphatic heterocycles. The molecule has 5 heteroatoms. The first-order valence-electron chi connectivity index (χ1n) is 2.43. The third-order valence-corrected chi connectivity index (χ3v) is 0.589. The molecule has 0 aliphatic rings. The summed E-state index contributed by atoms with van der Waals surface area (Å²) in [6.45, 7) is 0. The maximum atomic E-state index is 9.78. The number of carboxylic acid groups (broad SMARTS) is 2. The van der Waals surface area contributed by atoms with E-state index in [0.29, 0.717) is 0 Å². The molecule has 0 heterocycles. The van der Waals surface area contributed by atoms with Gasteiger partial charge < -0.3 is 10.2 Å². The third-order valence-electron chi connectivity index (χ3n) is 0.589. The van der Waals surface area contributed by atoms with Crippen molar-refractivity contribution in [3.05, 3.63) is 24.3 Å². The quantitative estimate of drug-likeness (QED) is 0.493. The van der Waals surface area contributed by atoms with E-state index in [1.807, 2.05) is 0 Å². The van der Waals surface area contributed by atoms with Crippen molar-refractivity contribution in [3.63, 3.8) is 0 Å². The summed E-state index contributed by atoms with van der Waals surface area (Å²) in [5, 5.41) is 16.0. The Hall–Kier alpha value is -1.29. The van der Waals surface area contributed by atoms with Crippen LogP contribution in [0.5, 0.6) is 0 Å². The molecule has 0 aromatic heterocycles. The minimum atomic E-state index is -1.10. The predicted octanol–water partition coefficient (Wildman–Crippen LogP) is 0.690. The Morgan fingerprint density at radius 3 is 1.36 bits per heavy atom. The average molecular weight is 179 g/mol. The second kappa shape index (κ2) is 6.82. The SMILES string of the molecule is Cl.O=C(O)C=CC=CC(=O)O. The minimum Gasteiger partial charge on any atom is -0.478 e. The molecule has 0 spiro atoms. The fourth-order valence-corrected chi connectivity index (χ4v) is 0.276. The van der Waals surface area contributed by atoms with Gasteiger partial charge in [0.15, 0.2) is 0 Å². The first-order valence-corrected chi connectivity index (χ1v) is 2.43. The lowest BCUT2D eigenvalue weighted by molar-refractivity contribution is -0.132. The van der Waals surface area contributed by atoms with Crippen LogP contribution >= 0.6 is 12.4 Å². The van der Waals surface area contributed by atoms with Crippen molar-refractivity contribution in [1.82, 2.24) is 0 Å². The number of rotatable bonds is 3. The van der Waals surface area contributed by atoms with E-state index in [1.165, 1.54) is 0 Å². The topological polar surface area (TPSA) is 74.6 Å². The lowest BCUT2D eigenvalue weighted by Crippen LogP contribution is -1.86. The number of hydrogen-bond donors (Lipinski definition) is 2. The zero-order chi connectivity index (χ0) is 7.98. The predicted molar refractivity (Wildman–Crippen MR) is 40.8 cm³/mol. The van der Waals surface area contributed by atoms with Crippen molar-refractivity contribution in [2.75, 3.05) is 0 Å².